The maximum Gasteiger partial charge on any atom is 0.250 e. The van der Waals surface area contributed by atoms with Crippen molar-refractivity contribution in [2.24, 2.45) is 5.73 Å². The zero-order chi connectivity index (χ0) is 16.7. The van der Waals surface area contributed by atoms with Crippen LogP contribution in [0.4, 0.5) is 0 Å². The summed E-state index contributed by atoms with van der Waals surface area (Å²) in [6, 6.07) is 0. The summed E-state index contributed by atoms with van der Waals surface area (Å²) in [4.78, 5) is 25.2. The molecular formula is C17H32ClN3O3. The van der Waals surface area contributed by atoms with Crippen molar-refractivity contribution >= 4 is 24.2 Å². The Morgan fingerprint density at radius 2 is 1.92 bits per heavy atom. The number of carbonyl (C=O) groups excluding carboxylic acids is 2. The lowest BCUT2D eigenvalue weighted by Crippen LogP contribution is -2.61. The molecule has 4 N–H and O–H groups in total. The number of hydrogen-bond donors (Lipinski definition) is 3. The second-order valence-electron chi connectivity index (χ2n) is 6.80. The summed E-state index contributed by atoms with van der Waals surface area (Å²) in [5, 5.41) is 6.02. The third kappa shape index (κ3) is 5.33. The standard InChI is InChI=1S/C17H31N3O3.ClH/c1-2-3-11-19-16(22)17(9-5-4-6-10-17)20-15(21)14-8-7-13(12-18)23-14;/h13-14H,2-12,18H2,1H3,(H,19,22)(H,20,21);1H/t13-,14+;/m1./s1. The van der Waals surface area contributed by atoms with Crippen molar-refractivity contribution < 1.29 is 14.3 Å². The monoisotopic (exact) mass is 361 g/mol. The third-order valence-corrected chi connectivity index (χ3v) is 4.98. The molecule has 0 radical (unpaired) electrons. The summed E-state index contributed by atoms with van der Waals surface area (Å²) < 4.78 is 5.67. The molecule has 0 aromatic heterocycles. The number of hydrogen-bond acceptors (Lipinski definition) is 4. The van der Waals surface area contributed by atoms with Crippen LogP contribution >= 0.6 is 12.4 Å². The van der Waals surface area contributed by atoms with Crippen LogP contribution in [0.15, 0.2) is 0 Å². The first kappa shape index (κ1) is 21.2. The highest BCUT2D eigenvalue weighted by molar-refractivity contribution is 5.93. The molecule has 0 aromatic carbocycles. The normalized spacial score (nSPS) is 25.6. The van der Waals surface area contributed by atoms with E-state index in [1.54, 1.807) is 0 Å². The Bertz CT molecular complexity index is 414. The van der Waals surface area contributed by atoms with Crippen LogP contribution in [0, 0.1) is 0 Å². The minimum absolute atomic E-state index is 0. The van der Waals surface area contributed by atoms with Crippen LogP contribution in [0.1, 0.15) is 64.7 Å². The quantitative estimate of drug-likeness (QED) is 0.601. The summed E-state index contributed by atoms with van der Waals surface area (Å²) in [7, 11) is 0. The topological polar surface area (TPSA) is 93.5 Å². The minimum Gasteiger partial charge on any atom is -0.364 e. The van der Waals surface area contributed by atoms with Gasteiger partial charge in [0, 0.05) is 13.1 Å². The molecule has 1 heterocycles. The largest absolute Gasteiger partial charge is 0.364 e. The number of halogens is 1. The molecule has 0 aromatic rings. The van der Waals surface area contributed by atoms with Crippen molar-refractivity contribution in [3.8, 4) is 0 Å². The number of unbranched alkanes of at least 4 members (excludes halogenated alkanes) is 1. The summed E-state index contributed by atoms with van der Waals surface area (Å²) in [5.41, 5.74) is 4.85. The SMILES string of the molecule is CCCCNC(=O)C1(NC(=O)[C@@H]2CC[C@H](CN)O2)CCCCC1.Cl. The van der Waals surface area contributed by atoms with Crippen LogP contribution in [0.25, 0.3) is 0 Å². The van der Waals surface area contributed by atoms with Gasteiger partial charge < -0.3 is 21.1 Å². The highest BCUT2D eigenvalue weighted by Crippen LogP contribution is 2.29. The molecule has 2 atom stereocenters. The second kappa shape index (κ2) is 10.2. The van der Waals surface area contributed by atoms with Crippen LogP contribution in [0.2, 0.25) is 0 Å². The van der Waals surface area contributed by atoms with E-state index in [4.69, 9.17) is 10.5 Å². The molecule has 1 saturated heterocycles. The Morgan fingerprint density at radius 3 is 2.50 bits per heavy atom. The minimum atomic E-state index is -0.757. The van der Waals surface area contributed by atoms with Gasteiger partial charge in [0.2, 0.25) is 11.8 Å². The van der Waals surface area contributed by atoms with E-state index < -0.39 is 11.6 Å². The predicted octanol–water partition coefficient (Wildman–Crippen LogP) is 1.65. The summed E-state index contributed by atoms with van der Waals surface area (Å²) in [5.74, 6) is -0.194. The summed E-state index contributed by atoms with van der Waals surface area (Å²) in [6.07, 6.45) is 7.47. The van der Waals surface area contributed by atoms with Crippen molar-refractivity contribution in [3.63, 3.8) is 0 Å². The van der Waals surface area contributed by atoms with Gasteiger partial charge in [0.05, 0.1) is 6.10 Å². The Kier molecular flexibility index (Phi) is 9.02. The van der Waals surface area contributed by atoms with Crippen molar-refractivity contribution in [2.75, 3.05) is 13.1 Å². The lowest BCUT2D eigenvalue weighted by molar-refractivity contribution is -0.140. The fourth-order valence-corrected chi connectivity index (χ4v) is 3.50. The highest BCUT2D eigenvalue weighted by Gasteiger charge is 2.43. The van der Waals surface area contributed by atoms with Gasteiger partial charge in [0.25, 0.3) is 0 Å². The predicted molar refractivity (Wildman–Crippen MR) is 96.1 cm³/mol. The second-order valence-corrected chi connectivity index (χ2v) is 6.80. The maximum atomic E-state index is 12.7. The summed E-state index contributed by atoms with van der Waals surface area (Å²) >= 11 is 0. The first-order valence-corrected chi connectivity index (χ1v) is 9.07. The van der Waals surface area contributed by atoms with Crippen LogP contribution in [-0.2, 0) is 14.3 Å². The molecule has 0 unspecified atom stereocenters. The van der Waals surface area contributed by atoms with E-state index in [-0.39, 0.29) is 30.3 Å². The first-order chi connectivity index (χ1) is 11.1. The Hall–Kier alpha value is -0.850. The number of carbonyl (C=O) groups is 2. The molecule has 2 aliphatic rings. The van der Waals surface area contributed by atoms with Gasteiger partial charge in [-0.3, -0.25) is 9.59 Å². The molecule has 1 aliphatic carbocycles. The van der Waals surface area contributed by atoms with Crippen LogP contribution in [-0.4, -0.2) is 42.7 Å². The number of nitrogens with two attached hydrogens (primary N) is 1. The average molecular weight is 362 g/mol. The van der Waals surface area contributed by atoms with E-state index in [1.807, 2.05) is 0 Å². The van der Waals surface area contributed by atoms with Crippen LogP contribution < -0.4 is 16.4 Å². The van der Waals surface area contributed by atoms with E-state index in [1.165, 1.54) is 0 Å². The van der Waals surface area contributed by atoms with E-state index >= 15 is 0 Å². The van der Waals surface area contributed by atoms with E-state index in [0.717, 1.165) is 38.5 Å². The number of amides is 2. The van der Waals surface area contributed by atoms with Gasteiger partial charge in [0.1, 0.15) is 11.6 Å². The van der Waals surface area contributed by atoms with Crippen molar-refractivity contribution in [1.82, 2.24) is 10.6 Å². The Morgan fingerprint density at radius 1 is 1.21 bits per heavy atom. The van der Waals surface area contributed by atoms with Gasteiger partial charge in [-0.15, -0.1) is 12.4 Å². The van der Waals surface area contributed by atoms with Gasteiger partial charge >= 0.3 is 0 Å². The molecule has 0 bridgehead atoms. The molecule has 1 saturated carbocycles. The number of rotatable bonds is 7. The fourth-order valence-electron chi connectivity index (χ4n) is 3.50. The number of nitrogens with one attached hydrogen (secondary N) is 2. The average Bonchev–Trinajstić information content (AvgIpc) is 3.05. The molecule has 7 heteroatoms. The molecule has 140 valence electrons. The third-order valence-electron chi connectivity index (χ3n) is 4.98. The molecule has 6 nitrogen and oxygen atoms in total. The zero-order valence-electron chi connectivity index (χ0n) is 14.6. The van der Waals surface area contributed by atoms with Crippen LogP contribution in [0.3, 0.4) is 0 Å². The van der Waals surface area contributed by atoms with Crippen molar-refractivity contribution in [1.29, 1.82) is 0 Å². The Balaban J connectivity index is 0.00000288. The lowest BCUT2D eigenvalue weighted by atomic mass is 9.80. The molecular weight excluding hydrogens is 330 g/mol. The molecule has 24 heavy (non-hydrogen) atoms. The molecule has 2 fully saturated rings. The van der Waals surface area contributed by atoms with Gasteiger partial charge in [-0.2, -0.15) is 0 Å². The molecule has 2 amide bonds. The molecule has 1 aliphatic heterocycles. The van der Waals surface area contributed by atoms with Gasteiger partial charge in [-0.05, 0) is 32.1 Å². The van der Waals surface area contributed by atoms with Crippen molar-refractivity contribution in [3.05, 3.63) is 0 Å². The van der Waals surface area contributed by atoms with Gasteiger partial charge in [-0.25, -0.2) is 0 Å². The lowest BCUT2D eigenvalue weighted by Gasteiger charge is -2.37. The zero-order valence-corrected chi connectivity index (χ0v) is 15.5. The summed E-state index contributed by atoms with van der Waals surface area (Å²) in [6.45, 7) is 3.20. The van der Waals surface area contributed by atoms with Gasteiger partial charge in [0.15, 0.2) is 0 Å². The van der Waals surface area contributed by atoms with Crippen LogP contribution in [0.5, 0.6) is 0 Å². The molecule has 0 spiro atoms. The number of ether oxygens (including phenoxy) is 1. The van der Waals surface area contributed by atoms with E-state index in [9.17, 15) is 9.59 Å². The van der Waals surface area contributed by atoms with Crippen molar-refractivity contribution in [2.45, 2.75) is 82.5 Å². The highest BCUT2D eigenvalue weighted by atomic mass is 35.5. The van der Waals surface area contributed by atoms with E-state index in [0.29, 0.717) is 32.4 Å². The van der Waals surface area contributed by atoms with E-state index in [2.05, 4.69) is 17.6 Å². The maximum absolute atomic E-state index is 12.7. The molecule has 2 rings (SSSR count). The Labute approximate surface area is 151 Å². The van der Waals surface area contributed by atoms with Gasteiger partial charge in [-0.1, -0.05) is 32.6 Å². The first-order valence-electron chi connectivity index (χ1n) is 9.07. The fraction of sp³-hybridized carbons (Fsp3) is 0.882. The smallest absolute Gasteiger partial charge is 0.250 e.